The summed E-state index contributed by atoms with van der Waals surface area (Å²) in [6, 6.07) is 1.52. The number of halogens is 6. The maximum absolute atomic E-state index is 13.4. The summed E-state index contributed by atoms with van der Waals surface area (Å²) in [7, 11) is 0. The molecule has 0 heterocycles. The lowest BCUT2D eigenvalue weighted by atomic mass is 10.2. The van der Waals surface area contributed by atoms with E-state index in [9.17, 15) is 26.3 Å². The first-order valence-electron chi connectivity index (χ1n) is 7.77. The van der Waals surface area contributed by atoms with E-state index < -0.39 is 34.9 Å². The molecule has 0 bridgehead atoms. The Balaban J connectivity index is 1.82. The molecule has 2 rings (SSSR count). The summed E-state index contributed by atoms with van der Waals surface area (Å²) in [6.45, 7) is 2.66. The van der Waals surface area contributed by atoms with Crippen LogP contribution in [0.5, 0.6) is 11.5 Å². The molecule has 0 spiro atoms. The molecule has 0 aliphatic rings. The molecule has 8 heteroatoms. The van der Waals surface area contributed by atoms with Crippen LogP contribution in [0.15, 0.2) is 12.1 Å². The average Bonchev–Trinajstić information content (AvgIpc) is 2.62. The Morgan fingerprint density at radius 2 is 0.962 bits per heavy atom. The molecule has 0 atom stereocenters. The number of rotatable bonds is 7. The van der Waals surface area contributed by atoms with Gasteiger partial charge in [0.05, 0.1) is 13.2 Å². The molecule has 0 aliphatic carbocycles. The van der Waals surface area contributed by atoms with Crippen molar-refractivity contribution in [2.75, 3.05) is 13.2 Å². The zero-order valence-electron chi connectivity index (χ0n) is 14.1. The Hall–Kier alpha value is -2.38. The Bertz CT molecular complexity index is 740. The second kappa shape index (κ2) is 8.33. The van der Waals surface area contributed by atoms with Crippen LogP contribution in [0.1, 0.15) is 24.0 Å². The first kappa shape index (κ1) is 19.9. The molecular weight excluding hydrogens is 362 g/mol. The predicted octanol–water partition coefficient (Wildman–Crippen LogP) is 5.38. The third-order valence-corrected chi connectivity index (χ3v) is 3.77. The molecule has 2 nitrogen and oxygen atoms in total. The molecule has 0 amide bonds. The van der Waals surface area contributed by atoms with Crippen molar-refractivity contribution in [1.82, 2.24) is 0 Å². The van der Waals surface area contributed by atoms with Crippen LogP contribution < -0.4 is 9.47 Å². The zero-order valence-corrected chi connectivity index (χ0v) is 14.1. The van der Waals surface area contributed by atoms with Crippen LogP contribution in [0.25, 0.3) is 0 Å². The highest BCUT2D eigenvalue weighted by molar-refractivity contribution is 5.35. The van der Waals surface area contributed by atoms with Gasteiger partial charge in [0.15, 0.2) is 34.9 Å². The fraction of sp³-hybridized carbons (Fsp3) is 0.333. The second-order valence-corrected chi connectivity index (χ2v) is 5.62. The maximum Gasteiger partial charge on any atom is 0.194 e. The van der Waals surface area contributed by atoms with E-state index in [1.54, 1.807) is 0 Å². The predicted molar refractivity (Wildman–Crippen MR) is 82.3 cm³/mol. The largest absolute Gasteiger partial charge is 0.493 e. The normalized spacial score (nSPS) is 10.9. The van der Waals surface area contributed by atoms with Gasteiger partial charge in [0, 0.05) is 23.3 Å². The lowest BCUT2D eigenvalue weighted by molar-refractivity contribution is 0.260. The van der Waals surface area contributed by atoms with Crippen LogP contribution in [0.4, 0.5) is 26.3 Å². The van der Waals surface area contributed by atoms with E-state index in [1.165, 1.54) is 13.8 Å². The van der Waals surface area contributed by atoms with Gasteiger partial charge in [-0.05, 0) is 26.7 Å². The summed E-state index contributed by atoms with van der Waals surface area (Å²) in [4.78, 5) is 0. The highest BCUT2D eigenvalue weighted by Crippen LogP contribution is 2.27. The average molecular weight is 378 g/mol. The third-order valence-electron chi connectivity index (χ3n) is 3.77. The molecule has 142 valence electrons. The SMILES string of the molecule is Cc1c(OCCCCOc2cc(F)c(F)c(F)c2C)cc(F)c(F)c1F. The van der Waals surface area contributed by atoms with Gasteiger partial charge in [0.25, 0.3) is 0 Å². The van der Waals surface area contributed by atoms with E-state index in [1.807, 2.05) is 0 Å². The molecule has 0 N–H and O–H groups in total. The van der Waals surface area contributed by atoms with Crippen LogP contribution in [-0.2, 0) is 0 Å². The molecular formula is C18H16F6O2. The minimum atomic E-state index is -1.56. The van der Waals surface area contributed by atoms with Crippen molar-refractivity contribution < 1.29 is 35.8 Å². The lowest BCUT2D eigenvalue weighted by Crippen LogP contribution is -2.06. The molecule has 0 saturated heterocycles. The van der Waals surface area contributed by atoms with E-state index in [2.05, 4.69) is 0 Å². The molecule has 0 fully saturated rings. The van der Waals surface area contributed by atoms with Gasteiger partial charge in [-0.15, -0.1) is 0 Å². The maximum atomic E-state index is 13.4. The number of hydrogen-bond donors (Lipinski definition) is 0. The monoisotopic (exact) mass is 378 g/mol. The fourth-order valence-electron chi connectivity index (χ4n) is 2.20. The number of hydrogen-bond acceptors (Lipinski definition) is 2. The van der Waals surface area contributed by atoms with Crippen molar-refractivity contribution >= 4 is 0 Å². The molecule has 0 unspecified atom stereocenters. The topological polar surface area (TPSA) is 18.5 Å². The van der Waals surface area contributed by atoms with E-state index in [0.29, 0.717) is 12.8 Å². The molecule has 0 aliphatic heterocycles. The van der Waals surface area contributed by atoms with E-state index in [4.69, 9.17) is 9.47 Å². The summed E-state index contributed by atoms with van der Waals surface area (Å²) in [6.07, 6.45) is 0.788. The third kappa shape index (κ3) is 4.23. The van der Waals surface area contributed by atoms with Crippen LogP contribution in [0, 0.1) is 48.8 Å². The Labute approximate surface area is 146 Å². The van der Waals surface area contributed by atoms with Crippen molar-refractivity contribution in [3.05, 3.63) is 58.2 Å². The molecule has 0 radical (unpaired) electrons. The number of unbranched alkanes of at least 4 members (excludes halogenated alkanes) is 1. The zero-order chi connectivity index (χ0) is 19.4. The van der Waals surface area contributed by atoms with Gasteiger partial charge < -0.3 is 9.47 Å². The van der Waals surface area contributed by atoms with Crippen LogP contribution >= 0.6 is 0 Å². The van der Waals surface area contributed by atoms with Gasteiger partial charge in [-0.1, -0.05) is 0 Å². The number of ether oxygens (including phenoxy) is 2. The van der Waals surface area contributed by atoms with Crippen LogP contribution in [-0.4, -0.2) is 13.2 Å². The minimum Gasteiger partial charge on any atom is -0.493 e. The smallest absolute Gasteiger partial charge is 0.194 e. The van der Waals surface area contributed by atoms with E-state index in [-0.39, 0.29) is 35.8 Å². The Morgan fingerprint density at radius 3 is 1.31 bits per heavy atom. The molecule has 0 saturated carbocycles. The van der Waals surface area contributed by atoms with Gasteiger partial charge >= 0.3 is 0 Å². The molecule has 2 aromatic carbocycles. The summed E-state index contributed by atoms with van der Waals surface area (Å²) >= 11 is 0. The summed E-state index contributed by atoms with van der Waals surface area (Å²) in [5, 5.41) is 0. The fourth-order valence-corrected chi connectivity index (χ4v) is 2.20. The van der Waals surface area contributed by atoms with Crippen LogP contribution in [0.3, 0.4) is 0 Å². The Morgan fingerprint density at radius 1 is 0.615 bits per heavy atom. The standard InChI is InChI=1S/C18H16F6O2/c1-9-13(7-11(19)17(23)15(9)21)25-5-3-4-6-26-14-8-12(20)18(24)16(22)10(14)2/h7-8H,3-6H2,1-2H3. The summed E-state index contributed by atoms with van der Waals surface area (Å²) < 4.78 is 89.6. The second-order valence-electron chi connectivity index (χ2n) is 5.62. The highest BCUT2D eigenvalue weighted by Gasteiger charge is 2.17. The van der Waals surface area contributed by atoms with Crippen molar-refractivity contribution in [2.45, 2.75) is 26.7 Å². The van der Waals surface area contributed by atoms with Gasteiger partial charge in [-0.2, -0.15) is 0 Å². The number of benzene rings is 2. The van der Waals surface area contributed by atoms with Gasteiger partial charge in [-0.3, -0.25) is 0 Å². The quantitative estimate of drug-likeness (QED) is 0.366. The Kier molecular flexibility index (Phi) is 6.39. The summed E-state index contributed by atoms with van der Waals surface area (Å²) in [5.41, 5.74) is -0.291. The molecule has 26 heavy (non-hydrogen) atoms. The van der Waals surface area contributed by atoms with Gasteiger partial charge in [0.1, 0.15) is 11.5 Å². The summed E-state index contributed by atoms with van der Waals surface area (Å²) in [5.74, 6) is -8.64. The van der Waals surface area contributed by atoms with E-state index >= 15 is 0 Å². The van der Waals surface area contributed by atoms with Crippen LogP contribution in [0.2, 0.25) is 0 Å². The van der Waals surface area contributed by atoms with E-state index in [0.717, 1.165) is 12.1 Å². The van der Waals surface area contributed by atoms with Crippen molar-refractivity contribution in [3.8, 4) is 11.5 Å². The van der Waals surface area contributed by atoms with Crippen molar-refractivity contribution in [2.24, 2.45) is 0 Å². The minimum absolute atomic E-state index is 0.0693. The van der Waals surface area contributed by atoms with Gasteiger partial charge in [0.2, 0.25) is 0 Å². The molecule has 2 aromatic rings. The lowest BCUT2D eigenvalue weighted by Gasteiger charge is -2.12. The van der Waals surface area contributed by atoms with Crippen molar-refractivity contribution in [1.29, 1.82) is 0 Å². The highest BCUT2D eigenvalue weighted by atomic mass is 19.2. The first-order chi connectivity index (χ1) is 12.2. The van der Waals surface area contributed by atoms with Crippen molar-refractivity contribution in [3.63, 3.8) is 0 Å². The van der Waals surface area contributed by atoms with Gasteiger partial charge in [-0.25, -0.2) is 26.3 Å². The molecule has 0 aromatic heterocycles. The first-order valence-corrected chi connectivity index (χ1v) is 7.77.